The van der Waals surface area contributed by atoms with Gasteiger partial charge in [0.25, 0.3) is 0 Å². The van der Waals surface area contributed by atoms with Gasteiger partial charge in [-0.1, -0.05) is 61.5 Å². The fourth-order valence-electron chi connectivity index (χ4n) is 4.49. The molecule has 1 fully saturated rings. The largest absolute Gasteiger partial charge is 0.373 e. The van der Waals surface area contributed by atoms with Crippen LogP contribution in [0.25, 0.3) is 0 Å². The molecule has 4 rings (SSSR count). The van der Waals surface area contributed by atoms with Crippen LogP contribution >= 0.6 is 0 Å². The van der Waals surface area contributed by atoms with Crippen LogP contribution in [0, 0.1) is 0 Å². The number of amides is 2. The van der Waals surface area contributed by atoms with E-state index in [1.807, 2.05) is 42.5 Å². The summed E-state index contributed by atoms with van der Waals surface area (Å²) in [6, 6.07) is 16.9. The Morgan fingerprint density at radius 2 is 1.93 bits per heavy atom. The van der Waals surface area contributed by atoms with Gasteiger partial charge >= 0.3 is 6.03 Å². The molecule has 0 bridgehead atoms. The summed E-state index contributed by atoms with van der Waals surface area (Å²) in [4.78, 5) is 14.9. The van der Waals surface area contributed by atoms with Crippen LogP contribution in [0.1, 0.15) is 35.7 Å². The molecule has 1 heterocycles. The zero-order valence-electron chi connectivity index (χ0n) is 16.7. The van der Waals surface area contributed by atoms with E-state index in [-0.39, 0.29) is 18.2 Å². The van der Waals surface area contributed by atoms with E-state index in [0.717, 1.165) is 24.2 Å². The zero-order valence-corrected chi connectivity index (χ0v) is 16.7. The summed E-state index contributed by atoms with van der Waals surface area (Å²) in [5, 5.41) is 5.72. The van der Waals surface area contributed by atoms with Crippen molar-refractivity contribution in [1.82, 2.24) is 15.5 Å². The Kier molecular flexibility index (Phi) is 6.11. The number of benzene rings is 2. The average Bonchev–Trinajstić information content (AvgIpc) is 3.07. The highest BCUT2D eigenvalue weighted by Gasteiger charge is 2.35. The average molecular weight is 397 g/mol. The number of rotatable bonds is 5. The molecule has 2 aromatic carbocycles. The smallest absolute Gasteiger partial charge is 0.315 e. The number of ether oxygens (including phenoxy) is 1. The summed E-state index contributed by atoms with van der Waals surface area (Å²) in [6.45, 7) is 4.91. The molecule has 1 saturated heterocycles. The van der Waals surface area contributed by atoms with Gasteiger partial charge < -0.3 is 15.4 Å². The summed E-state index contributed by atoms with van der Waals surface area (Å²) in [5.74, 6) is 0. The Balaban J connectivity index is 1.40. The van der Waals surface area contributed by atoms with E-state index < -0.39 is 12.2 Å². The number of nitrogens with one attached hydrogen (secondary N) is 2. The van der Waals surface area contributed by atoms with Gasteiger partial charge in [-0.15, -0.1) is 0 Å². The topological polar surface area (TPSA) is 53.6 Å². The van der Waals surface area contributed by atoms with E-state index in [0.29, 0.717) is 19.6 Å². The number of carbonyl (C=O) groups excluding carboxylic acids is 1. The first kappa shape index (κ1) is 19.9. The lowest BCUT2D eigenvalue weighted by atomic mass is 9.98. The van der Waals surface area contributed by atoms with Gasteiger partial charge in [0.15, 0.2) is 0 Å². The summed E-state index contributed by atoms with van der Waals surface area (Å²) in [7, 11) is 0. The second-order valence-electron chi connectivity index (χ2n) is 7.64. The van der Waals surface area contributed by atoms with Crippen molar-refractivity contribution in [3.63, 3.8) is 0 Å². The standard InChI is InChI=1S/C23H28FN3O2/c1-2-27-12-13-29-20(22(27)16-8-4-3-5-9-16)15-25-23(28)26-21-18-11-7-6-10-17(18)14-19(21)24/h3-11,19-22H,2,12-15H2,1H3,(H2,25,26,28)/t19-,20+,21+,22+/m1/s1. The van der Waals surface area contributed by atoms with Crippen molar-refractivity contribution in [2.45, 2.75) is 37.7 Å². The van der Waals surface area contributed by atoms with Crippen molar-refractivity contribution in [3.8, 4) is 0 Å². The summed E-state index contributed by atoms with van der Waals surface area (Å²) < 4.78 is 20.5. The van der Waals surface area contributed by atoms with Crippen molar-refractivity contribution in [2.24, 2.45) is 0 Å². The number of urea groups is 1. The van der Waals surface area contributed by atoms with Crippen molar-refractivity contribution in [2.75, 3.05) is 26.2 Å². The minimum atomic E-state index is -1.10. The third kappa shape index (κ3) is 4.28. The molecule has 5 nitrogen and oxygen atoms in total. The molecule has 0 unspecified atom stereocenters. The molecule has 29 heavy (non-hydrogen) atoms. The van der Waals surface area contributed by atoms with Crippen LogP contribution in [-0.4, -0.2) is 49.4 Å². The molecule has 2 N–H and O–H groups in total. The van der Waals surface area contributed by atoms with Crippen LogP contribution in [0.5, 0.6) is 0 Å². The predicted octanol–water partition coefficient (Wildman–Crippen LogP) is 3.38. The normalized spacial score (nSPS) is 26.7. The molecule has 6 heteroatoms. The quantitative estimate of drug-likeness (QED) is 0.813. The number of halogens is 1. The minimum Gasteiger partial charge on any atom is -0.373 e. The molecule has 0 saturated carbocycles. The first-order chi connectivity index (χ1) is 14.2. The van der Waals surface area contributed by atoms with Gasteiger partial charge in [-0.2, -0.15) is 0 Å². The summed E-state index contributed by atoms with van der Waals surface area (Å²) in [5.41, 5.74) is 3.00. The predicted molar refractivity (Wildman–Crippen MR) is 110 cm³/mol. The SMILES string of the molecule is CCN1CCO[C@@H](CNC(=O)N[C@H]2c3ccccc3C[C@H]2F)[C@@H]1c1ccccc1. The Bertz CT molecular complexity index is 832. The molecular formula is C23H28FN3O2. The first-order valence-corrected chi connectivity index (χ1v) is 10.3. The third-order valence-corrected chi connectivity index (χ3v) is 5.92. The number of fused-ring (bicyclic) bond motifs is 1. The molecule has 2 amide bonds. The molecule has 0 aromatic heterocycles. The molecule has 0 spiro atoms. The van der Waals surface area contributed by atoms with Crippen molar-refractivity contribution in [3.05, 3.63) is 71.3 Å². The maximum atomic E-state index is 14.4. The molecule has 2 aromatic rings. The van der Waals surface area contributed by atoms with E-state index in [1.54, 1.807) is 0 Å². The van der Waals surface area contributed by atoms with Gasteiger partial charge in [0, 0.05) is 19.5 Å². The van der Waals surface area contributed by atoms with Crippen molar-refractivity contribution in [1.29, 1.82) is 0 Å². The minimum absolute atomic E-state index is 0.0800. The van der Waals surface area contributed by atoms with Gasteiger partial charge in [0.05, 0.1) is 24.8 Å². The molecule has 2 aliphatic rings. The van der Waals surface area contributed by atoms with E-state index in [1.165, 1.54) is 5.56 Å². The fourth-order valence-corrected chi connectivity index (χ4v) is 4.49. The fraction of sp³-hybridized carbons (Fsp3) is 0.435. The van der Waals surface area contributed by atoms with E-state index in [9.17, 15) is 9.18 Å². The van der Waals surface area contributed by atoms with Gasteiger partial charge in [0.2, 0.25) is 0 Å². The molecule has 0 radical (unpaired) electrons. The Morgan fingerprint density at radius 3 is 2.72 bits per heavy atom. The highest BCUT2D eigenvalue weighted by atomic mass is 19.1. The lowest BCUT2D eigenvalue weighted by Gasteiger charge is -2.41. The number of likely N-dealkylation sites (N-methyl/N-ethyl adjacent to an activating group) is 1. The number of hydrogen-bond donors (Lipinski definition) is 2. The number of alkyl halides is 1. The van der Waals surface area contributed by atoms with Crippen molar-refractivity contribution < 1.29 is 13.9 Å². The second kappa shape index (κ2) is 8.93. The van der Waals surface area contributed by atoms with Crippen LogP contribution in [-0.2, 0) is 11.2 Å². The van der Waals surface area contributed by atoms with E-state index >= 15 is 0 Å². The van der Waals surface area contributed by atoms with Gasteiger partial charge in [-0.25, -0.2) is 9.18 Å². The van der Waals surface area contributed by atoms with Gasteiger partial charge in [-0.05, 0) is 23.2 Å². The van der Waals surface area contributed by atoms with E-state index in [2.05, 4.69) is 34.6 Å². The Morgan fingerprint density at radius 1 is 1.17 bits per heavy atom. The number of hydrogen-bond acceptors (Lipinski definition) is 3. The number of nitrogens with zero attached hydrogens (tertiary/aromatic N) is 1. The highest BCUT2D eigenvalue weighted by Crippen LogP contribution is 2.33. The van der Waals surface area contributed by atoms with E-state index in [4.69, 9.17) is 4.74 Å². The molecule has 4 atom stereocenters. The van der Waals surface area contributed by atoms with Gasteiger partial charge in [-0.3, -0.25) is 4.90 Å². The monoisotopic (exact) mass is 397 g/mol. The second-order valence-corrected chi connectivity index (χ2v) is 7.64. The molecular weight excluding hydrogens is 369 g/mol. The Labute approximate surface area is 171 Å². The van der Waals surface area contributed by atoms with Crippen LogP contribution in [0.2, 0.25) is 0 Å². The van der Waals surface area contributed by atoms with Crippen molar-refractivity contribution >= 4 is 6.03 Å². The first-order valence-electron chi connectivity index (χ1n) is 10.3. The summed E-state index contributed by atoms with van der Waals surface area (Å²) >= 11 is 0. The van der Waals surface area contributed by atoms with Crippen LogP contribution in [0.15, 0.2) is 54.6 Å². The summed E-state index contributed by atoms with van der Waals surface area (Å²) in [6.07, 6.45) is -0.917. The lowest BCUT2D eigenvalue weighted by Crippen LogP contribution is -2.51. The highest BCUT2D eigenvalue weighted by molar-refractivity contribution is 5.74. The molecule has 1 aliphatic carbocycles. The third-order valence-electron chi connectivity index (χ3n) is 5.92. The lowest BCUT2D eigenvalue weighted by molar-refractivity contribution is -0.0682. The maximum Gasteiger partial charge on any atom is 0.315 e. The Hall–Kier alpha value is -2.44. The van der Waals surface area contributed by atoms with Crippen LogP contribution in [0.3, 0.4) is 0 Å². The van der Waals surface area contributed by atoms with Crippen LogP contribution in [0.4, 0.5) is 9.18 Å². The van der Waals surface area contributed by atoms with Gasteiger partial charge in [0.1, 0.15) is 6.17 Å². The van der Waals surface area contributed by atoms with Crippen LogP contribution < -0.4 is 10.6 Å². The maximum absolute atomic E-state index is 14.4. The number of morpholine rings is 1. The zero-order chi connectivity index (χ0) is 20.2. The molecule has 1 aliphatic heterocycles. The number of carbonyl (C=O) groups is 1. The molecule has 154 valence electrons.